The van der Waals surface area contributed by atoms with Crippen molar-refractivity contribution < 1.29 is 0 Å². The van der Waals surface area contributed by atoms with Crippen LogP contribution in [-0.2, 0) is 0 Å². The van der Waals surface area contributed by atoms with Crippen LogP contribution in [0.3, 0.4) is 0 Å². The Kier molecular flexibility index (Phi) is 5.33. The maximum absolute atomic E-state index is 6.14. The highest BCUT2D eigenvalue weighted by Crippen LogP contribution is 2.26. The lowest BCUT2D eigenvalue weighted by Gasteiger charge is -2.15. The predicted octanol–water partition coefficient (Wildman–Crippen LogP) is 4.66. The van der Waals surface area contributed by atoms with Crippen LogP contribution < -0.4 is 5.32 Å². The lowest BCUT2D eigenvalue weighted by atomic mass is 10.1. The Morgan fingerprint density at radius 2 is 2.27 bits per heavy atom. The molecular weight excluding hydrogens is 341 g/mol. The van der Waals surface area contributed by atoms with Crippen molar-refractivity contribution in [1.29, 1.82) is 0 Å². The van der Waals surface area contributed by atoms with E-state index in [2.05, 4.69) is 50.7 Å². The summed E-state index contributed by atoms with van der Waals surface area (Å²) in [4.78, 5) is 0. The molecule has 15 heavy (non-hydrogen) atoms. The molecule has 0 spiro atoms. The zero-order valence-corrected chi connectivity index (χ0v) is 12.3. The second kappa shape index (κ2) is 6.04. The number of rotatable bonds is 4. The van der Waals surface area contributed by atoms with Gasteiger partial charge in [-0.2, -0.15) is 0 Å². The fraction of sp³-hybridized carbons (Fsp3) is 0.273. The zero-order chi connectivity index (χ0) is 11.4. The number of nitrogens with one attached hydrogen (secondary N) is 1. The molecule has 0 heterocycles. The average Bonchev–Trinajstić information content (AvgIpc) is 2.14. The third-order valence-electron chi connectivity index (χ3n) is 2.03. The van der Waals surface area contributed by atoms with Crippen molar-refractivity contribution in [3.8, 4) is 0 Å². The fourth-order valence-corrected chi connectivity index (χ4v) is 2.23. The Hall–Kier alpha value is 0.170. The highest BCUT2D eigenvalue weighted by atomic mass is 79.9. The third-order valence-corrected chi connectivity index (χ3v) is 3.13. The molecule has 1 aromatic carbocycles. The van der Waals surface area contributed by atoms with Gasteiger partial charge in [0, 0.05) is 26.6 Å². The molecule has 0 saturated heterocycles. The van der Waals surface area contributed by atoms with Gasteiger partial charge in [-0.25, -0.2) is 0 Å². The van der Waals surface area contributed by atoms with Crippen LogP contribution in [0.15, 0.2) is 33.7 Å². The van der Waals surface area contributed by atoms with Crippen molar-refractivity contribution >= 4 is 43.5 Å². The molecule has 0 aromatic heterocycles. The summed E-state index contributed by atoms with van der Waals surface area (Å²) in [5.41, 5.74) is 1.09. The Balaban J connectivity index is 2.73. The highest BCUT2D eigenvalue weighted by Gasteiger charge is 2.08. The first-order chi connectivity index (χ1) is 7.00. The van der Waals surface area contributed by atoms with Crippen LogP contribution in [0.25, 0.3) is 0 Å². The van der Waals surface area contributed by atoms with Crippen LogP contribution in [0.5, 0.6) is 0 Å². The molecule has 0 aliphatic heterocycles. The summed E-state index contributed by atoms with van der Waals surface area (Å²) >= 11 is 12.8. The van der Waals surface area contributed by atoms with Gasteiger partial charge in [0.05, 0.1) is 0 Å². The van der Waals surface area contributed by atoms with Gasteiger partial charge in [0.1, 0.15) is 0 Å². The van der Waals surface area contributed by atoms with E-state index in [1.807, 2.05) is 18.2 Å². The molecule has 1 unspecified atom stereocenters. The minimum Gasteiger partial charge on any atom is -0.306 e. The van der Waals surface area contributed by atoms with Crippen LogP contribution in [0.4, 0.5) is 0 Å². The number of hydrogen-bond acceptors (Lipinski definition) is 1. The number of benzene rings is 1. The van der Waals surface area contributed by atoms with Crippen LogP contribution in [-0.4, -0.2) is 6.54 Å². The van der Waals surface area contributed by atoms with E-state index in [-0.39, 0.29) is 6.04 Å². The summed E-state index contributed by atoms with van der Waals surface area (Å²) in [5.74, 6) is 0. The van der Waals surface area contributed by atoms with Crippen LogP contribution in [0.1, 0.15) is 18.5 Å². The van der Waals surface area contributed by atoms with Gasteiger partial charge in [-0.1, -0.05) is 56.1 Å². The first-order valence-electron chi connectivity index (χ1n) is 4.52. The molecular formula is C11H12Br2ClN. The van der Waals surface area contributed by atoms with Gasteiger partial charge in [0.25, 0.3) is 0 Å². The molecule has 1 atom stereocenters. The van der Waals surface area contributed by atoms with E-state index in [0.717, 1.165) is 26.1 Å². The topological polar surface area (TPSA) is 12.0 Å². The van der Waals surface area contributed by atoms with Crippen molar-refractivity contribution in [3.05, 3.63) is 44.3 Å². The largest absolute Gasteiger partial charge is 0.306 e. The lowest BCUT2D eigenvalue weighted by Crippen LogP contribution is -2.19. The quantitative estimate of drug-likeness (QED) is 0.830. The van der Waals surface area contributed by atoms with Crippen LogP contribution in [0, 0.1) is 0 Å². The minimum atomic E-state index is 0.208. The van der Waals surface area contributed by atoms with Gasteiger partial charge in [0.15, 0.2) is 0 Å². The Morgan fingerprint density at radius 1 is 1.60 bits per heavy atom. The highest BCUT2D eigenvalue weighted by molar-refractivity contribution is 9.11. The maximum Gasteiger partial charge on any atom is 0.0464 e. The van der Waals surface area contributed by atoms with Gasteiger partial charge in [-0.05, 0) is 24.6 Å². The Bertz CT molecular complexity index is 366. The second-order valence-electron chi connectivity index (χ2n) is 3.29. The molecule has 0 saturated carbocycles. The molecule has 1 nitrogen and oxygen atoms in total. The van der Waals surface area contributed by atoms with E-state index in [1.165, 1.54) is 0 Å². The predicted molar refractivity (Wildman–Crippen MR) is 73.6 cm³/mol. The average molecular weight is 353 g/mol. The molecule has 0 amide bonds. The van der Waals surface area contributed by atoms with E-state index in [4.69, 9.17) is 11.6 Å². The minimum absolute atomic E-state index is 0.208. The second-order valence-corrected chi connectivity index (χ2v) is 5.73. The molecule has 82 valence electrons. The standard InChI is InChI=1S/C11H12Br2ClN/c1-7(12)6-15-8(2)10-4-3-9(13)5-11(10)14/h3-5,8,15H,1,6H2,2H3. The van der Waals surface area contributed by atoms with E-state index in [1.54, 1.807) is 0 Å². The molecule has 0 aliphatic rings. The van der Waals surface area contributed by atoms with E-state index < -0.39 is 0 Å². The molecule has 1 rings (SSSR count). The summed E-state index contributed by atoms with van der Waals surface area (Å²) in [6.07, 6.45) is 0. The summed E-state index contributed by atoms with van der Waals surface area (Å²) < 4.78 is 1.93. The Labute approximate surface area is 112 Å². The normalized spacial score (nSPS) is 12.5. The molecule has 1 aromatic rings. The summed E-state index contributed by atoms with van der Waals surface area (Å²) in [5, 5.41) is 4.08. The monoisotopic (exact) mass is 351 g/mol. The van der Waals surface area contributed by atoms with Crippen LogP contribution in [0.2, 0.25) is 5.02 Å². The Morgan fingerprint density at radius 3 is 2.80 bits per heavy atom. The van der Waals surface area contributed by atoms with E-state index in [0.29, 0.717) is 0 Å². The number of hydrogen-bond donors (Lipinski definition) is 1. The van der Waals surface area contributed by atoms with Crippen molar-refractivity contribution in [2.75, 3.05) is 6.54 Å². The van der Waals surface area contributed by atoms with Crippen LogP contribution >= 0.6 is 43.5 Å². The first-order valence-corrected chi connectivity index (χ1v) is 6.48. The fourth-order valence-electron chi connectivity index (χ4n) is 1.23. The number of halogens is 3. The molecule has 4 heteroatoms. The van der Waals surface area contributed by atoms with Gasteiger partial charge < -0.3 is 5.32 Å². The van der Waals surface area contributed by atoms with E-state index in [9.17, 15) is 0 Å². The molecule has 0 fully saturated rings. The van der Waals surface area contributed by atoms with Crippen molar-refractivity contribution in [1.82, 2.24) is 5.32 Å². The maximum atomic E-state index is 6.14. The first kappa shape index (κ1) is 13.2. The van der Waals surface area contributed by atoms with Gasteiger partial charge in [-0.3, -0.25) is 0 Å². The summed E-state index contributed by atoms with van der Waals surface area (Å²) in [7, 11) is 0. The molecule has 0 bridgehead atoms. The van der Waals surface area contributed by atoms with Gasteiger partial charge in [-0.15, -0.1) is 0 Å². The van der Waals surface area contributed by atoms with Crippen molar-refractivity contribution in [3.63, 3.8) is 0 Å². The van der Waals surface area contributed by atoms with Gasteiger partial charge >= 0.3 is 0 Å². The SMILES string of the molecule is C=C(Br)CNC(C)c1ccc(Br)cc1Cl. The summed E-state index contributed by atoms with van der Waals surface area (Å²) in [6, 6.07) is 6.11. The van der Waals surface area contributed by atoms with Crippen molar-refractivity contribution in [2.45, 2.75) is 13.0 Å². The lowest BCUT2D eigenvalue weighted by molar-refractivity contribution is 0.616. The van der Waals surface area contributed by atoms with Gasteiger partial charge in [0.2, 0.25) is 0 Å². The molecule has 0 radical (unpaired) electrons. The van der Waals surface area contributed by atoms with Crippen molar-refractivity contribution in [2.24, 2.45) is 0 Å². The summed E-state index contributed by atoms with van der Waals surface area (Å²) in [6.45, 7) is 6.58. The molecule has 1 N–H and O–H groups in total. The molecule has 0 aliphatic carbocycles. The zero-order valence-electron chi connectivity index (χ0n) is 8.36. The van der Waals surface area contributed by atoms with E-state index >= 15 is 0 Å². The third kappa shape index (κ3) is 4.27. The smallest absolute Gasteiger partial charge is 0.0464 e.